The minimum atomic E-state index is 0.813. The fraction of sp³-hybridized carbons (Fsp3) is 0.692. The van der Waals surface area contributed by atoms with Gasteiger partial charge in [-0.3, -0.25) is 0 Å². The maximum Gasteiger partial charge on any atom is 0.134 e. The van der Waals surface area contributed by atoms with Crippen molar-refractivity contribution < 1.29 is 4.74 Å². The third kappa shape index (κ3) is 4.87. The highest BCUT2D eigenvalue weighted by Gasteiger charge is 2.05. The van der Waals surface area contributed by atoms with Gasteiger partial charge in [0.2, 0.25) is 0 Å². The Morgan fingerprint density at radius 2 is 1.78 bits per heavy atom. The molecule has 0 saturated carbocycles. The van der Waals surface area contributed by atoms with Crippen LogP contribution in [0.25, 0.3) is 0 Å². The summed E-state index contributed by atoms with van der Waals surface area (Å²) in [5.74, 6) is 1.84. The first-order valence-electron chi connectivity index (χ1n) is 6.57. The van der Waals surface area contributed by atoms with Crippen molar-refractivity contribution in [2.24, 2.45) is 0 Å². The number of rotatable bonds is 9. The van der Waals surface area contributed by atoms with Gasteiger partial charge in [-0.2, -0.15) is 0 Å². The number of ether oxygens (including phenoxy) is 1. The van der Waals surface area contributed by atoms with E-state index in [1.54, 1.807) is 13.4 Å². The van der Waals surface area contributed by atoms with Gasteiger partial charge in [0.15, 0.2) is 0 Å². The molecule has 1 aromatic rings. The van der Waals surface area contributed by atoms with E-state index in [1.165, 1.54) is 0 Å². The monoisotopic (exact) mass is 252 g/mol. The average Bonchev–Trinajstić information content (AvgIpc) is 2.39. The summed E-state index contributed by atoms with van der Waals surface area (Å²) in [5.41, 5.74) is 1.08. The molecule has 1 rings (SSSR count). The van der Waals surface area contributed by atoms with E-state index in [0.29, 0.717) is 0 Å². The first-order chi connectivity index (χ1) is 8.79. The lowest BCUT2D eigenvalue weighted by Gasteiger charge is -2.12. The first-order valence-corrected chi connectivity index (χ1v) is 6.57. The molecular formula is C13H24N4O. The number of nitrogens with one attached hydrogen (secondary N) is 2. The van der Waals surface area contributed by atoms with Crippen molar-refractivity contribution in [3.63, 3.8) is 0 Å². The Hall–Kier alpha value is -1.36. The van der Waals surface area contributed by atoms with E-state index < -0.39 is 0 Å². The highest BCUT2D eigenvalue weighted by Crippen LogP contribution is 2.17. The average molecular weight is 252 g/mol. The van der Waals surface area contributed by atoms with E-state index in [2.05, 4.69) is 27.5 Å². The van der Waals surface area contributed by atoms with Crippen LogP contribution in [0.2, 0.25) is 0 Å². The van der Waals surface area contributed by atoms with Crippen LogP contribution in [0.4, 0.5) is 11.6 Å². The third-order valence-electron chi connectivity index (χ3n) is 2.69. The lowest BCUT2D eigenvalue weighted by molar-refractivity contribution is 0.194. The number of aromatic nitrogens is 2. The van der Waals surface area contributed by atoms with Crippen molar-refractivity contribution in [3.05, 3.63) is 11.9 Å². The molecule has 102 valence electrons. The third-order valence-corrected chi connectivity index (χ3v) is 2.69. The van der Waals surface area contributed by atoms with Gasteiger partial charge >= 0.3 is 0 Å². The summed E-state index contributed by atoms with van der Waals surface area (Å²) >= 11 is 0. The van der Waals surface area contributed by atoms with E-state index >= 15 is 0 Å². The zero-order valence-electron chi connectivity index (χ0n) is 11.6. The summed E-state index contributed by atoms with van der Waals surface area (Å²) in [5, 5.41) is 6.64. The quantitative estimate of drug-likeness (QED) is 0.661. The Balaban J connectivity index is 2.44. The molecule has 2 N–H and O–H groups in total. The zero-order chi connectivity index (χ0) is 13.2. The number of methoxy groups -OCH3 is 1. The first kappa shape index (κ1) is 14.7. The van der Waals surface area contributed by atoms with Crippen molar-refractivity contribution in [2.45, 2.75) is 33.1 Å². The highest BCUT2D eigenvalue weighted by molar-refractivity contribution is 5.56. The van der Waals surface area contributed by atoms with Crippen LogP contribution in [0, 0.1) is 6.92 Å². The van der Waals surface area contributed by atoms with Crippen LogP contribution >= 0.6 is 0 Å². The van der Waals surface area contributed by atoms with E-state index in [0.717, 1.165) is 56.2 Å². The van der Waals surface area contributed by atoms with Crippen LogP contribution < -0.4 is 10.6 Å². The van der Waals surface area contributed by atoms with E-state index in [9.17, 15) is 0 Å². The van der Waals surface area contributed by atoms with Gasteiger partial charge in [-0.25, -0.2) is 9.97 Å². The van der Waals surface area contributed by atoms with Gasteiger partial charge in [-0.05, 0) is 26.2 Å². The Labute approximate surface area is 109 Å². The SMILES string of the molecule is CCCNc1ncnc(NCCCCOC)c1C. The molecule has 0 unspecified atom stereocenters. The lowest BCUT2D eigenvalue weighted by Crippen LogP contribution is -2.10. The van der Waals surface area contributed by atoms with Crippen LogP contribution in [-0.2, 0) is 4.74 Å². The Bertz CT molecular complexity index is 344. The van der Waals surface area contributed by atoms with Gasteiger partial charge < -0.3 is 15.4 Å². The maximum absolute atomic E-state index is 5.02. The van der Waals surface area contributed by atoms with E-state index in [-0.39, 0.29) is 0 Å². The van der Waals surface area contributed by atoms with Gasteiger partial charge in [0.25, 0.3) is 0 Å². The molecule has 1 aromatic heterocycles. The molecule has 0 aromatic carbocycles. The molecule has 5 nitrogen and oxygen atoms in total. The van der Waals surface area contributed by atoms with Crippen molar-refractivity contribution >= 4 is 11.6 Å². The summed E-state index contributed by atoms with van der Waals surface area (Å²) in [4.78, 5) is 8.52. The van der Waals surface area contributed by atoms with Crippen LogP contribution in [0.5, 0.6) is 0 Å². The van der Waals surface area contributed by atoms with Gasteiger partial charge in [0, 0.05) is 32.4 Å². The molecule has 18 heavy (non-hydrogen) atoms. The van der Waals surface area contributed by atoms with Crippen LogP contribution in [0.3, 0.4) is 0 Å². The molecule has 0 saturated heterocycles. The van der Waals surface area contributed by atoms with Gasteiger partial charge in [-0.15, -0.1) is 0 Å². The smallest absolute Gasteiger partial charge is 0.134 e. The van der Waals surface area contributed by atoms with Crippen LogP contribution in [-0.4, -0.2) is 36.8 Å². The number of hydrogen-bond acceptors (Lipinski definition) is 5. The Morgan fingerprint density at radius 1 is 1.11 bits per heavy atom. The minimum Gasteiger partial charge on any atom is -0.385 e. The normalized spacial score (nSPS) is 10.4. The lowest BCUT2D eigenvalue weighted by atomic mass is 10.3. The summed E-state index contributed by atoms with van der Waals surface area (Å²) in [6.07, 6.45) is 4.83. The molecular weight excluding hydrogens is 228 g/mol. The second-order valence-electron chi connectivity index (χ2n) is 4.25. The summed E-state index contributed by atoms with van der Waals surface area (Å²) < 4.78 is 5.02. The topological polar surface area (TPSA) is 59.1 Å². The second-order valence-corrected chi connectivity index (χ2v) is 4.25. The highest BCUT2D eigenvalue weighted by atomic mass is 16.5. The van der Waals surface area contributed by atoms with Crippen molar-refractivity contribution in [2.75, 3.05) is 37.4 Å². The molecule has 0 aliphatic carbocycles. The summed E-state index contributed by atoms with van der Waals surface area (Å²) in [7, 11) is 1.73. The number of anilines is 2. The maximum atomic E-state index is 5.02. The second kappa shape index (κ2) is 8.69. The fourth-order valence-electron chi connectivity index (χ4n) is 1.63. The van der Waals surface area contributed by atoms with Crippen molar-refractivity contribution in [3.8, 4) is 0 Å². The summed E-state index contributed by atoms with van der Waals surface area (Å²) in [6, 6.07) is 0. The minimum absolute atomic E-state index is 0.813. The molecule has 0 bridgehead atoms. The molecule has 0 atom stereocenters. The van der Waals surface area contributed by atoms with E-state index in [1.807, 2.05) is 6.92 Å². The Kier molecular flexibility index (Phi) is 7.10. The zero-order valence-corrected chi connectivity index (χ0v) is 11.6. The number of unbranched alkanes of at least 4 members (excludes halogenated alkanes) is 1. The van der Waals surface area contributed by atoms with Gasteiger partial charge in [-0.1, -0.05) is 6.92 Å². The van der Waals surface area contributed by atoms with Gasteiger partial charge in [0.1, 0.15) is 18.0 Å². The predicted octanol–water partition coefficient (Wildman–Crippen LogP) is 2.45. The van der Waals surface area contributed by atoms with Gasteiger partial charge in [0.05, 0.1) is 0 Å². The largest absolute Gasteiger partial charge is 0.385 e. The number of nitrogens with zero attached hydrogens (tertiary/aromatic N) is 2. The van der Waals surface area contributed by atoms with Crippen molar-refractivity contribution in [1.82, 2.24) is 9.97 Å². The molecule has 0 aliphatic rings. The standard InChI is InChI=1S/C13H24N4O/c1-4-7-14-12-11(2)13(17-10-16-12)15-8-5-6-9-18-3/h10H,4-9H2,1-3H3,(H2,14,15,16,17). The number of hydrogen-bond donors (Lipinski definition) is 2. The molecule has 0 amide bonds. The molecule has 1 heterocycles. The molecule has 0 aliphatic heterocycles. The molecule has 0 radical (unpaired) electrons. The predicted molar refractivity (Wildman–Crippen MR) is 75.1 cm³/mol. The van der Waals surface area contributed by atoms with Crippen LogP contribution in [0.15, 0.2) is 6.33 Å². The van der Waals surface area contributed by atoms with Crippen LogP contribution in [0.1, 0.15) is 31.7 Å². The molecule has 0 spiro atoms. The van der Waals surface area contributed by atoms with Crippen molar-refractivity contribution in [1.29, 1.82) is 0 Å². The fourth-order valence-corrected chi connectivity index (χ4v) is 1.63. The summed E-state index contributed by atoms with van der Waals surface area (Å²) in [6.45, 7) is 6.83. The molecule has 0 fully saturated rings. The Morgan fingerprint density at radius 3 is 2.39 bits per heavy atom. The van der Waals surface area contributed by atoms with E-state index in [4.69, 9.17) is 4.74 Å². The molecule has 5 heteroatoms.